The molecule has 1 unspecified atom stereocenters. The fourth-order valence-electron chi connectivity index (χ4n) is 4.24. The number of fused-ring (bicyclic) bond motifs is 1. The Morgan fingerprint density at radius 3 is 2.70 bits per heavy atom. The number of carbonyl (C=O) groups excluding carboxylic acids is 1. The fourth-order valence-corrected chi connectivity index (χ4v) is 5.64. The van der Waals surface area contributed by atoms with Gasteiger partial charge >= 0.3 is 0 Å². The maximum atomic E-state index is 14.5. The van der Waals surface area contributed by atoms with Crippen molar-refractivity contribution in [2.24, 2.45) is 5.92 Å². The maximum Gasteiger partial charge on any atom is 0.186 e. The van der Waals surface area contributed by atoms with Crippen molar-refractivity contribution in [3.63, 3.8) is 0 Å². The second kappa shape index (κ2) is 8.48. The molecule has 2 atom stereocenters. The summed E-state index contributed by atoms with van der Waals surface area (Å²) in [6.07, 6.45) is 5.96. The van der Waals surface area contributed by atoms with Gasteiger partial charge in [0.2, 0.25) is 0 Å². The van der Waals surface area contributed by atoms with Gasteiger partial charge in [0.15, 0.2) is 9.84 Å². The maximum absolute atomic E-state index is 14.5. The molecule has 7 heteroatoms. The van der Waals surface area contributed by atoms with Crippen LogP contribution in [0.3, 0.4) is 0 Å². The average Bonchev–Trinajstić information content (AvgIpc) is 3.61. The number of pyridine rings is 2. The van der Waals surface area contributed by atoms with Crippen LogP contribution in [0.5, 0.6) is 0 Å². The quantitative estimate of drug-likeness (QED) is 0.401. The molecule has 166 valence electrons. The lowest BCUT2D eigenvalue weighted by atomic mass is 10.0. The summed E-state index contributed by atoms with van der Waals surface area (Å²) in [6, 6.07) is 16.9. The summed E-state index contributed by atoms with van der Waals surface area (Å²) in [6.45, 7) is 0. The highest BCUT2D eigenvalue weighted by Gasteiger charge is 2.43. The van der Waals surface area contributed by atoms with E-state index >= 15 is 0 Å². The predicted octanol–water partition coefficient (Wildman–Crippen LogP) is 4.66. The fraction of sp³-hybridized carbons (Fsp3) is 0.192. The van der Waals surface area contributed by atoms with Crippen LogP contribution in [0.15, 0.2) is 84.1 Å². The zero-order valence-corrected chi connectivity index (χ0v) is 18.5. The summed E-state index contributed by atoms with van der Waals surface area (Å²) in [4.78, 5) is 20.7. The number of halogens is 1. The number of nitrogens with zero attached hydrogens (tertiary/aromatic N) is 2. The first-order valence-electron chi connectivity index (χ1n) is 10.7. The number of hydrogen-bond acceptors (Lipinski definition) is 5. The van der Waals surface area contributed by atoms with E-state index in [1.807, 2.05) is 24.3 Å². The average molecular weight is 461 g/mol. The predicted molar refractivity (Wildman–Crippen MR) is 123 cm³/mol. The minimum Gasteiger partial charge on any atom is -0.299 e. The van der Waals surface area contributed by atoms with E-state index in [1.165, 1.54) is 18.3 Å². The number of rotatable bonds is 7. The van der Waals surface area contributed by atoms with E-state index in [2.05, 4.69) is 9.97 Å². The van der Waals surface area contributed by atoms with Crippen LogP contribution in [0, 0.1) is 11.7 Å². The van der Waals surface area contributed by atoms with Crippen LogP contribution < -0.4 is 0 Å². The lowest BCUT2D eigenvalue weighted by Crippen LogP contribution is -2.10. The van der Waals surface area contributed by atoms with Crippen LogP contribution in [0.1, 0.15) is 29.2 Å². The van der Waals surface area contributed by atoms with Gasteiger partial charge in [-0.15, -0.1) is 0 Å². The molecule has 0 saturated heterocycles. The topological polar surface area (TPSA) is 77.0 Å². The minimum atomic E-state index is -3.91. The third-order valence-electron chi connectivity index (χ3n) is 6.07. The molecule has 0 spiro atoms. The molecule has 0 aliphatic heterocycles. The Labute approximate surface area is 191 Å². The molecule has 5 nitrogen and oxygen atoms in total. The van der Waals surface area contributed by atoms with E-state index in [0.29, 0.717) is 24.1 Å². The molecule has 2 aromatic carbocycles. The van der Waals surface area contributed by atoms with Crippen molar-refractivity contribution in [2.75, 3.05) is 0 Å². The van der Waals surface area contributed by atoms with Gasteiger partial charge in [0, 0.05) is 36.3 Å². The SMILES string of the molecule is O=C(Cc1ccc2cnccc2c1)[C@@H]1CC1c1ccc(F)c(S(=O)(=O)Cc2ccccn2)c1. The smallest absolute Gasteiger partial charge is 0.186 e. The number of Topliss-reactive ketones (excluding diaryl/α,β-unsaturated/α-hetero) is 1. The Balaban J connectivity index is 1.32. The van der Waals surface area contributed by atoms with Crippen LogP contribution in [-0.2, 0) is 26.8 Å². The molecule has 5 rings (SSSR count). The molecular weight excluding hydrogens is 439 g/mol. The number of hydrogen-bond donors (Lipinski definition) is 0. The van der Waals surface area contributed by atoms with Crippen molar-refractivity contribution in [1.29, 1.82) is 0 Å². The van der Waals surface area contributed by atoms with Gasteiger partial charge in [-0.2, -0.15) is 0 Å². The lowest BCUT2D eigenvalue weighted by Gasteiger charge is -2.08. The van der Waals surface area contributed by atoms with Crippen LogP contribution in [0.2, 0.25) is 0 Å². The molecule has 1 fully saturated rings. The van der Waals surface area contributed by atoms with Crippen molar-refractivity contribution in [3.8, 4) is 0 Å². The molecule has 4 aromatic rings. The van der Waals surface area contributed by atoms with E-state index in [0.717, 1.165) is 16.3 Å². The standard InChI is InChI=1S/C26H21FN2O3S/c27-24-7-6-19(13-26(24)33(31,32)16-21-3-1-2-9-29-21)22-14-23(22)25(30)12-17-4-5-20-15-28-10-8-18(20)11-17/h1-11,13,15,22-23H,12,14,16H2/t22?,23-/m1/s1. The first-order valence-corrected chi connectivity index (χ1v) is 12.3. The number of benzene rings is 2. The Morgan fingerprint density at radius 1 is 1.00 bits per heavy atom. The Morgan fingerprint density at radius 2 is 1.88 bits per heavy atom. The highest BCUT2D eigenvalue weighted by atomic mass is 32.2. The second-order valence-corrected chi connectivity index (χ2v) is 10.4. The van der Waals surface area contributed by atoms with E-state index in [1.54, 1.807) is 36.7 Å². The van der Waals surface area contributed by atoms with Crippen molar-refractivity contribution in [2.45, 2.75) is 29.4 Å². The van der Waals surface area contributed by atoms with Gasteiger partial charge in [0.05, 0.1) is 11.4 Å². The monoisotopic (exact) mass is 460 g/mol. The summed E-state index contributed by atoms with van der Waals surface area (Å²) in [7, 11) is -3.91. The highest BCUT2D eigenvalue weighted by Crippen LogP contribution is 2.49. The van der Waals surface area contributed by atoms with Crippen LogP contribution in [0.25, 0.3) is 10.8 Å². The van der Waals surface area contributed by atoms with E-state index in [9.17, 15) is 17.6 Å². The van der Waals surface area contributed by atoms with Gasteiger partial charge in [0.25, 0.3) is 0 Å². The van der Waals surface area contributed by atoms with Gasteiger partial charge in [-0.05, 0) is 59.2 Å². The highest BCUT2D eigenvalue weighted by molar-refractivity contribution is 7.90. The summed E-state index contributed by atoms with van der Waals surface area (Å²) < 4.78 is 40.1. The molecule has 0 radical (unpaired) electrons. The van der Waals surface area contributed by atoms with Gasteiger partial charge in [0.1, 0.15) is 16.5 Å². The van der Waals surface area contributed by atoms with Crippen LogP contribution in [0.4, 0.5) is 4.39 Å². The molecular formula is C26H21FN2O3S. The van der Waals surface area contributed by atoms with Crippen molar-refractivity contribution >= 4 is 26.4 Å². The second-order valence-electron chi connectivity index (χ2n) is 8.42. The zero-order valence-electron chi connectivity index (χ0n) is 17.7. The summed E-state index contributed by atoms with van der Waals surface area (Å²) >= 11 is 0. The Hall–Kier alpha value is -3.45. The van der Waals surface area contributed by atoms with Crippen molar-refractivity contribution < 1.29 is 17.6 Å². The zero-order chi connectivity index (χ0) is 23.0. The van der Waals surface area contributed by atoms with E-state index < -0.39 is 15.7 Å². The number of sulfone groups is 1. The molecule has 2 heterocycles. The first kappa shape index (κ1) is 21.4. The van der Waals surface area contributed by atoms with Gasteiger partial charge in [-0.3, -0.25) is 14.8 Å². The van der Waals surface area contributed by atoms with Gasteiger partial charge < -0.3 is 0 Å². The molecule has 0 N–H and O–H groups in total. The van der Waals surface area contributed by atoms with Gasteiger partial charge in [-0.25, -0.2) is 12.8 Å². The number of ketones is 1. The third kappa shape index (κ3) is 4.54. The van der Waals surface area contributed by atoms with E-state index in [4.69, 9.17) is 0 Å². The normalized spacial score (nSPS) is 17.7. The minimum absolute atomic E-state index is 0.0912. The summed E-state index contributed by atoms with van der Waals surface area (Å²) in [5.74, 6) is -1.33. The lowest BCUT2D eigenvalue weighted by molar-refractivity contribution is -0.119. The molecule has 0 bridgehead atoms. The Bertz CT molecular complexity index is 1460. The number of carbonyl (C=O) groups is 1. The van der Waals surface area contributed by atoms with Crippen molar-refractivity contribution in [3.05, 3.63) is 102 Å². The Kier molecular flexibility index (Phi) is 5.50. The molecule has 1 aliphatic rings. The van der Waals surface area contributed by atoms with Crippen LogP contribution >= 0.6 is 0 Å². The van der Waals surface area contributed by atoms with E-state index in [-0.39, 0.29) is 28.3 Å². The van der Waals surface area contributed by atoms with Crippen LogP contribution in [-0.4, -0.2) is 24.2 Å². The molecule has 0 amide bonds. The molecule has 1 saturated carbocycles. The van der Waals surface area contributed by atoms with Crippen molar-refractivity contribution in [1.82, 2.24) is 9.97 Å². The summed E-state index contributed by atoms with van der Waals surface area (Å²) in [5.41, 5.74) is 1.97. The first-order chi connectivity index (χ1) is 15.9. The number of aromatic nitrogens is 2. The molecule has 2 aromatic heterocycles. The third-order valence-corrected chi connectivity index (χ3v) is 7.73. The summed E-state index contributed by atoms with van der Waals surface area (Å²) in [5, 5.41) is 2.05. The van der Waals surface area contributed by atoms with Gasteiger partial charge in [-0.1, -0.05) is 30.3 Å². The molecule has 1 aliphatic carbocycles. The largest absolute Gasteiger partial charge is 0.299 e. The molecule has 33 heavy (non-hydrogen) atoms.